The highest BCUT2D eigenvalue weighted by molar-refractivity contribution is 5.84. The van der Waals surface area contributed by atoms with Crippen molar-refractivity contribution >= 4 is 28.9 Å². The second-order valence-electron chi connectivity index (χ2n) is 12.7. The molecule has 4 aromatic rings. The predicted molar refractivity (Wildman–Crippen MR) is 166 cm³/mol. The van der Waals surface area contributed by atoms with Gasteiger partial charge in [0.2, 0.25) is 11.9 Å². The lowest BCUT2D eigenvalue weighted by molar-refractivity contribution is -0.0879. The molecule has 0 spiro atoms. The summed E-state index contributed by atoms with van der Waals surface area (Å²) in [6, 6.07) is 9.76. The normalized spacial score (nSPS) is 18.0. The zero-order chi connectivity index (χ0) is 31.9. The third kappa shape index (κ3) is 6.68. The number of imidazole rings is 1. The van der Waals surface area contributed by atoms with Crippen LogP contribution in [0.5, 0.6) is 5.75 Å². The molecule has 1 aliphatic heterocycles. The maximum atomic E-state index is 13.6. The van der Waals surface area contributed by atoms with Crippen molar-refractivity contribution in [2.45, 2.75) is 64.0 Å². The number of rotatable bonds is 7. The number of hydrogen-bond acceptors (Lipinski definition) is 9. The Hall–Kier alpha value is -4.39. The van der Waals surface area contributed by atoms with Crippen LogP contribution in [0, 0.1) is 0 Å². The minimum Gasteiger partial charge on any atom is -0.493 e. The lowest BCUT2D eigenvalue weighted by Crippen LogP contribution is -2.50. The number of anilines is 2. The number of benzene rings is 1. The van der Waals surface area contributed by atoms with E-state index in [0.29, 0.717) is 42.0 Å². The highest BCUT2D eigenvalue weighted by atomic mass is 19.3. The number of aromatic amines is 1. The molecule has 0 bridgehead atoms. The minimum absolute atomic E-state index is 0.117. The van der Waals surface area contributed by atoms with Gasteiger partial charge in [0.05, 0.1) is 23.8 Å². The summed E-state index contributed by atoms with van der Waals surface area (Å²) in [5.74, 6) is -1.44. The summed E-state index contributed by atoms with van der Waals surface area (Å²) in [4.78, 5) is 37.7. The van der Waals surface area contributed by atoms with Crippen molar-refractivity contribution in [3.05, 3.63) is 54.1 Å². The molecule has 45 heavy (non-hydrogen) atoms. The molecule has 1 saturated carbocycles. The first-order valence-electron chi connectivity index (χ1n) is 15.1. The largest absolute Gasteiger partial charge is 0.493 e. The molecule has 1 saturated heterocycles. The van der Waals surface area contributed by atoms with Crippen LogP contribution in [0.1, 0.15) is 63.8 Å². The van der Waals surface area contributed by atoms with E-state index < -0.39 is 11.5 Å². The monoisotopic (exact) mass is 620 g/mol. The van der Waals surface area contributed by atoms with Gasteiger partial charge in [-0.3, -0.25) is 4.90 Å². The average Bonchev–Trinajstić information content (AvgIpc) is 3.39. The van der Waals surface area contributed by atoms with Crippen molar-refractivity contribution in [3.63, 3.8) is 0 Å². The van der Waals surface area contributed by atoms with E-state index >= 15 is 0 Å². The number of fused-ring (bicyclic) bond motifs is 1. The van der Waals surface area contributed by atoms with E-state index in [1.165, 1.54) is 13.4 Å². The van der Waals surface area contributed by atoms with E-state index in [4.69, 9.17) is 9.47 Å². The van der Waals surface area contributed by atoms with Crippen LogP contribution in [0.15, 0.2) is 42.9 Å². The van der Waals surface area contributed by atoms with E-state index in [1.54, 1.807) is 11.1 Å². The van der Waals surface area contributed by atoms with Crippen LogP contribution < -0.4 is 10.1 Å². The summed E-state index contributed by atoms with van der Waals surface area (Å²) in [5, 5.41) is 3.28. The number of aromatic nitrogens is 5. The van der Waals surface area contributed by atoms with Gasteiger partial charge in [0, 0.05) is 62.7 Å². The average molecular weight is 621 g/mol. The topological polar surface area (TPSA) is 121 Å². The fourth-order valence-corrected chi connectivity index (χ4v) is 5.88. The van der Waals surface area contributed by atoms with Crippen molar-refractivity contribution in [1.82, 2.24) is 34.7 Å². The fraction of sp³-hybridized carbons (Fsp3) is 0.469. The van der Waals surface area contributed by atoms with Crippen molar-refractivity contribution in [2.24, 2.45) is 0 Å². The number of carbonyl (C=O) groups excluding carboxylic acids is 1. The van der Waals surface area contributed by atoms with Gasteiger partial charge < -0.3 is 24.7 Å². The van der Waals surface area contributed by atoms with E-state index in [-0.39, 0.29) is 30.9 Å². The van der Waals surface area contributed by atoms with Gasteiger partial charge in [-0.2, -0.15) is 0 Å². The Balaban J connectivity index is 1.14. The number of pyridine rings is 1. The van der Waals surface area contributed by atoms with Gasteiger partial charge in [-0.1, -0.05) is 6.07 Å². The van der Waals surface area contributed by atoms with Crippen LogP contribution in [-0.4, -0.2) is 85.6 Å². The molecule has 2 N–H and O–H groups in total. The second-order valence-corrected chi connectivity index (χ2v) is 12.7. The Morgan fingerprint density at radius 1 is 1.09 bits per heavy atom. The summed E-state index contributed by atoms with van der Waals surface area (Å²) < 4.78 is 38.3. The molecule has 1 unspecified atom stereocenters. The van der Waals surface area contributed by atoms with Crippen LogP contribution in [0.3, 0.4) is 0 Å². The first-order chi connectivity index (χ1) is 21.4. The van der Waals surface area contributed by atoms with E-state index in [0.717, 1.165) is 35.2 Å². The van der Waals surface area contributed by atoms with Gasteiger partial charge in [0.1, 0.15) is 23.4 Å². The van der Waals surface area contributed by atoms with Gasteiger partial charge in [-0.05, 0) is 57.5 Å². The molecule has 2 fully saturated rings. The third-order valence-electron chi connectivity index (χ3n) is 8.29. The summed E-state index contributed by atoms with van der Waals surface area (Å²) >= 11 is 0. The number of alkyl halides is 2. The number of amides is 1. The van der Waals surface area contributed by atoms with Crippen LogP contribution in [0.4, 0.5) is 25.3 Å². The zero-order valence-electron chi connectivity index (χ0n) is 26.1. The first kappa shape index (κ1) is 30.6. The maximum absolute atomic E-state index is 13.6. The number of piperazine rings is 1. The Labute approximate surface area is 260 Å². The standard InChI is InChI=1S/C32H38F2N8O3/c1-19(41-10-12-42(13-11-41)30(43)45-31(2,3)4)20-8-9-35-25(15-20)40-29-38-23-7-6-21(14-24(23)39-29)26-28(44-5)27(37-18-36-26)22-16-32(33,34)17-22/h6-9,14-15,18-19,22H,10-13,16-17H2,1-5H3,(H2,35,38,39,40). The smallest absolute Gasteiger partial charge is 0.410 e. The number of nitrogens with zero attached hydrogens (tertiary/aromatic N) is 6. The third-order valence-corrected chi connectivity index (χ3v) is 8.29. The van der Waals surface area contributed by atoms with Gasteiger partial charge in [-0.25, -0.2) is 33.5 Å². The van der Waals surface area contributed by atoms with Crippen LogP contribution >= 0.6 is 0 Å². The number of halogens is 2. The molecule has 13 heteroatoms. The molecule has 4 heterocycles. The van der Waals surface area contributed by atoms with Crippen molar-refractivity contribution < 1.29 is 23.0 Å². The van der Waals surface area contributed by atoms with Gasteiger partial charge in [0.15, 0.2) is 5.75 Å². The molecule has 3 aromatic heterocycles. The second kappa shape index (κ2) is 11.8. The summed E-state index contributed by atoms with van der Waals surface area (Å²) in [7, 11) is 1.51. The van der Waals surface area contributed by atoms with Crippen LogP contribution in [0.2, 0.25) is 0 Å². The number of carbonyl (C=O) groups is 1. The summed E-state index contributed by atoms with van der Waals surface area (Å²) in [5.41, 5.74) is 3.88. The summed E-state index contributed by atoms with van der Waals surface area (Å²) in [6.45, 7) is 10.5. The molecule has 1 aromatic carbocycles. The fourth-order valence-electron chi connectivity index (χ4n) is 5.88. The molecule has 11 nitrogen and oxygen atoms in total. The van der Waals surface area contributed by atoms with Crippen molar-refractivity contribution in [2.75, 3.05) is 38.6 Å². The highest BCUT2D eigenvalue weighted by Gasteiger charge is 2.48. The molecule has 238 valence electrons. The van der Waals surface area contributed by atoms with Crippen molar-refractivity contribution in [3.8, 4) is 17.0 Å². The Morgan fingerprint density at radius 2 is 1.84 bits per heavy atom. The van der Waals surface area contributed by atoms with Crippen molar-refractivity contribution in [1.29, 1.82) is 0 Å². The Bertz CT molecular complexity index is 1690. The van der Waals surface area contributed by atoms with Crippen LogP contribution in [0.25, 0.3) is 22.3 Å². The molecule has 6 rings (SSSR count). The molecular weight excluding hydrogens is 582 g/mol. The van der Waals surface area contributed by atoms with Crippen LogP contribution in [-0.2, 0) is 4.74 Å². The van der Waals surface area contributed by atoms with E-state index in [9.17, 15) is 13.6 Å². The lowest BCUT2D eigenvalue weighted by Gasteiger charge is -2.38. The molecule has 0 radical (unpaired) electrons. The molecule has 1 aliphatic carbocycles. The van der Waals surface area contributed by atoms with Gasteiger partial charge in [-0.15, -0.1) is 0 Å². The molecule has 2 aliphatic rings. The predicted octanol–water partition coefficient (Wildman–Crippen LogP) is 6.29. The zero-order valence-corrected chi connectivity index (χ0v) is 26.1. The Morgan fingerprint density at radius 3 is 2.53 bits per heavy atom. The number of H-pyrrole nitrogens is 1. The lowest BCUT2D eigenvalue weighted by atomic mass is 9.78. The summed E-state index contributed by atoms with van der Waals surface area (Å²) in [6.07, 6.45) is 2.41. The SMILES string of the molecule is COc1c(-c2ccc3nc(Nc4cc(C(C)N5CCN(C(=O)OC(C)(C)C)CC5)ccn4)[nH]c3c2)ncnc1C1CC(F)(F)C1. The number of ether oxygens (including phenoxy) is 2. The van der Waals surface area contributed by atoms with Gasteiger partial charge >= 0.3 is 6.09 Å². The number of methoxy groups -OCH3 is 1. The maximum Gasteiger partial charge on any atom is 0.410 e. The highest BCUT2D eigenvalue weighted by Crippen LogP contribution is 2.50. The Kier molecular flexibility index (Phi) is 8.06. The van der Waals surface area contributed by atoms with E-state index in [2.05, 4.69) is 42.1 Å². The number of hydrogen-bond donors (Lipinski definition) is 2. The quantitative estimate of drug-likeness (QED) is 0.245. The minimum atomic E-state index is -2.66. The molecular formula is C32H38F2N8O3. The van der Waals surface area contributed by atoms with E-state index in [1.807, 2.05) is 51.1 Å². The first-order valence-corrected chi connectivity index (χ1v) is 15.1. The van der Waals surface area contributed by atoms with Gasteiger partial charge in [0.25, 0.3) is 0 Å². The number of nitrogens with one attached hydrogen (secondary N) is 2. The molecule has 1 amide bonds. The molecule has 1 atom stereocenters.